The second-order valence-electron chi connectivity index (χ2n) is 3.94. The molecule has 1 aliphatic heterocycles. The second-order valence-corrected chi connectivity index (χ2v) is 5.53. The first kappa shape index (κ1) is 13.2. The minimum atomic E-state index is -0.482. The van der Waals surface area contributed by atoms with Gasteiger partial charge in [-0.3, -0.25) is 9.59 Å². The Labute approximate surface area is 114 Å². The van der Waals surface area contributed by atoms with E-state index in [0.29, 0.717) is 22.9 Å². The smallest absolute Gasteiger partial charge is 0.247 e. The summed E-state index contributed by atoms with van der Waals surface area (Å²) < 4.78 is 0. The third-order valence-corrected chi connectivity index (χ3v) is 3.80. The Morgan fingerprint density at radius 3 is 3.11 bits per heavy atom. The third kappa shape index (κ3) is 3.65. The number of rotatable bonds is 2. The Bertz CT molecular complexity index is 467. The Kier molecular flexibility index (Phi) is 4.49. The zero-order valence-electron chi connectivity index (χ0n) is 9.61. The third-order valence-electron chi connectivity index (χ3n) is 2.50. The number of nitrogens with one attached hydrogen (secondary N) is 2. The van der Waals surface area contributed by atoms with Crippen LogP contribution in [0, 0.1) is 0 Å². The van der Waals surface area contributed by atoms with Crippen molar-refractivity contribution in [1.82, 2.24) is 5.32 Å². The van der Waals surface area contributed by atoms with Gasteiger partial charge in [0.2, 0.25) is 11.8 Å². The van der Waals surface area contributed by atoms with Gasteiger partial charge in [0.1, 0.15) is 6.04 Å². The van der Waals surface area contributed by atoms with Crippen molar-refractivity contribution < 1.29 is 9.59 Å². The van der Waals surface area contributed by atoms with Gasteiger partial charge in [0.25, 0.3) is 0 Å². The highest BCUT2D eigenvalue weighted by Crippen LogP contribution is 2.16. The van der Waals surface area contributed by atoms with E-state index in [1.165, 1.54) is 0 Å². The number of anilines is 1. The van der Waals surface area contributed by atoms with E-state index >= 15 is 0 Å². The van der Waals surface area contributed by atoms with Crippen LogP contribution in [-0.2, 0) is 9.59 Å². The van der Waals surface area contributed by atoms with Crippen molar-refractivity contribution in [2.75, 3.05) is 16.8 Å². The van der Waals surface area contributed by atoms with E-state index in [1.807, 2.05) is 0 Å². The van der Waals surface area contributed by atoms with Crippen LogP contribution in [0.4, 0.5) is 5.69 Å². The summed E-state index contributed by atoms with van der Waals surface area (Å²) in [6, 6.07) is 6.45. The van der Waals surface area contributed by atoms with Gasteiger partial charge < -0.3 is 10.6 Å². The summed E-state index contributed by atoms with van der Waals surface area (Å²) in [6.07, 6.45) is 0.464. The van der Waals surface area contributed by atoms with Crippen LogP contribution in [0.15, 0.2) is 24.3 Å². The molecule has 6 heteroatoms. The molecule has 2 amide bonds. The maximum atomic E-state index is 12.0. The van der Waals surface area contributed by atoms with Gasteiger partial charge in [0, 0.05) is 28.6 Å². The number of carbonyl (C=O) groups excluding carboxylic acids is 2. The molecule has 0 bridgehead atoms. The number of benzene rings is 1. The van der Waals surface area contributed by atoms with E-state index in [9.17, 15) is 9.59 Å². The normalized spacial score (nSPS) is 19.8. The summed E-state index contributed by atoms with van der Waals surface area (Å²) >= 11 is 7.44. The molecule has 96 valence electrons. The summed E-state index contributed by atoms with van der Waals surface area (Å²) in [7, 11) is 0. The lowest BCUT2D eigenvalue weighted by Gasteiger charge is -2.15. The molecule has 4 nitrogen and oxygen atoms in total. The fourth-order valence-corrected chi connectivity index (χ4v) is 2.77. The van der Waals surface area contributed by atoms with E-state index in [4.69, 9.17) is 11.6 Å². The second kappa shape index (κ2) is 6.11. The number of hydrogen-bond donors (Lipinski definition) is 2. The molecule has 0 aliphatic carbocycles. The number of hydrogen-bond acceptors (Lipinski definition) is 3. The first-order valence-electron chi connectivity index (χ1n) is 5.59. The summed E-state index contributed by atoms with van der Waals surface area (Å²) in [5.74, 6) is 1.07. The first-order chi connectivity index (χ1) is 8.65. The maximum Gasteiger partial charge on any atom is 0.247 e. The Balaban J connectivity index is 2.00. The molecule has 1 saturated heterocycles. The largest absolute Gasteiger partial charge is 0.343 e. The number of amides is 2. The predicted octanol–water partition coefficient (Wildman–Crippen LogP) is 1.90. The standard InChI is InChI=1S/C12H13ClN2O2S/c13-8-2-1-3-9(6-8)14-12(17)10-7-18-5-4-11(16)15-10/h1-3,6,10H,4-5,7H2,(H,14,17)(H,15,16)/t10-/m0/s1. The van der Waals surface area contributed by atoms with Gasteiger partial charge in [-0.05, 0) is 18.2 Å². The van der Waals surface area contributed by atoms with Crippen LogP contribution in [0.1, 0.15) is 6.42 Å². The average Bonchev–Trinajstić information content (AvgIpc) is 2.54. The number of thioether (sulfide) groups is 1. The van der Waals surface area contributed by atoms with Crippen LogP contribution >= 0.6 is 23.4 Å². The highest BCUT2D eigenvalue weighted by atomic mass is 35.5. The fourth-order valence-electron chi connectivity index (χ4n) is 1.61. The molecule has 1 aromatic rings. The van der Waals surface area contributed by atoms with Crippen LogP contribution in [0.25, 0.3) is 0 Å². The molecule has 0 spiro atoms. The lowest BCUT2D eigenvalue weighted by molar-refractivity contribution is -0.125. The molecule has 0 unspecified atom stereocenters. The summed E-state index contributed by atoms with van der Waals surface area (Å²) in [5.41, 5.74) is 0.635. The van der Waals surface area contributed by atoms with Crippen LogP contribution in [-0.4, -0.2) is 29.4 Å². The molecule has 1 aromatic carbocycles. The molecule has 1 heterocycles. The average molecular weight is 285 g/mol. The maximum absolute atomic E-state index is 12.0. The van der Waals surface area contributed by atoms with E-state index in [-0.39, 0.29) is 11.8 Å². The van der Waals surface area contributed by atoms with Gasteiger partial charge in [-0.2, -0.15) is 11.8 Å². The zero-order valence-corrected chi connectivity index (χ0v) is 11.2. The zero-order chi connectivity index (χ0) is 13.0. The summed E-state index contributed by atoms with van der Waals surface area (Å²) in [5, 5.41) is 6.02. The van der Waals surface area contributed by atoms with Gasteiger partial charge in [0.15, 0.2) is 0 Å². The number of carbonyl (C=O) groups is 2. The number of halogens is 1. The predicted molar refractivity (Wildman–Crippen MR) is 74.0 cm³/mol. The van der Waals surface area contributed by atoms with Gasteiger partial charge in [-0.25, -0.2) is 0 Å². The summed E-state index contributed by atoms with van der Waals surface area (Å²) in [4.78, 5) is 23.4. The molecular weight excluding hydrogens is 272 g/mol. The van der Waals surface area contributed by atoms with Crippen molar-refractivity contribution in [3.63, 3.8) is 0 Å². The Hall–Kier alpha value is -1.20. The minimum absolute atomic E-state index is 0.0776. The van der Waals surface area contributed by atoms with Crippen molar-refractivity contribution in [3.8, 4) is 0 Å². The topological polar surface area (TPSA) is 58.2 Å². The van der Waals surface area contributed by atoms with E-state index in [2.05, 4.69) is 10.6 Å². The first-order valence-corrected chi connectivity index (χ1v) is 7.12. The van der Waals surface area contributed by atoms with Crippen molar-refractivity contribution >= 4 is 40.9 Å². The molecular formula is C12H13ClN2O2S. The molecule has 2 N–H and O–H groups in total. The van der Waals surface area contributed by atoms with Crippen molar-refractivity contribution in [1.29, 1.82) is 0 Å². The van der Waals surface area contributed by atoms with Crippen molar-refractivity contribution in [2.24, 2.45) is 0 Å². The molecule has 0 aromatic heterocycles. The van der Waals surface area contributed by atoms with Gasteiger partial charge in [-0.15, -0.1) is 0 Å². The van der Waals surface area contributed by atoms with Gasteiger partial charge >= 0.3 is 0 Å². The van der Waals surface area contributed by atoms with Crippen LogP contribution < -0.4 is 10.6 Å². The van der Waals surface area contributed by atoms with E-state index in [0.717, 1.165) is 5.75 Å². The van der Waals surface area contributed by atoms with Gasteiger partial charge in [-0.1, -0.05) is 17.7 Å². The molecule has 0 radical (unpaired) electrons. The lowest BCUT2D eigenvalue weighted by Crippen LogP contribution is -2.44. The minimum Gasteiger partial charge on any atom is -0.343 e. The van der Waals surface area contributed by atoms with E-state index in [1.54, 1.807) is 36.0 Å². The molecule has 2 rings (SSSR count). The van der Waals surface area contributed by atoms with E-state index < -0.39 is 6.04 Å². The summed E-state index contributed by atoms with van der Waals surface area (Å²) in [6.45, 7) is 0. The molecule has 1 fully saturated rings. The highest BCUT2D eigenvalue weighted by molar-refractivity contribution is 7.99. The van der Waals surface area contributed by atoms with Crippen molar-refractivity contribution in [2.45, 2.75) is 12.5 Å². The molecule has 1 atom stereocenters. The Morgan fingerprint density at radius 2 is 2.33 bits per heavy atom. The van der Waals surface area contributed by atoms with Crippen LogP contribution in [0.5, 0.6) is 0 Å². The van der Waals surface area contributed by atoms with Crippen LogP contribution in [0.3, 0.4) is 0 Å². The fraction of sp³-hybridized carbons (Fsp3) is 0.333. The monoisotopic (exact) mass is 284 g/mol. The lowest BCUT2D eigenvalue weighted by atomic mass is 10.2. The SMILES string of the molecule is O=C1CCSC[C@@H](C(=O)Nc2cccc(Cl)c2)N1. The molecule has 18 heavy (non-hydrogen) atoms. The molecule has 1 aliphatic rings. The van der Waals surface area contributed by atoms with Crippen LogP contribution in [0.2, 0.25) is 5.02 Å². The quantitative estimate of drug-likeness (QED) is 0.872. The highest BCUT2D eigenvalue weighted by Gasteiger charge is 2.23. The Morgan fingerprint density at radius 1 is 1.50 bits per heavy atom. The van der Waals surface area contributed by atoms with Crippen molar-refractivity contribution in [3.05, 3.63) is 29.3 Å². The molecule has 0 saturated carbocycles. The van der Waals surface area contributed by atoms with Gasteiger partial charge in [0.05, 0.1) is 0 Å².